The standard InChI is InChI=1S/C14H24O4/c1-3-5-7-9-14(10-8-6-4-2)17-12(15)11-13(16)18-14/h3-11H2,1-2H3. The minimum Gasteiger partial charge on any atom is -0.422 e. The minimum atomic E-state index is -0.975. The van der Waals surface area contributed by atoms with Gasteiger partial charge in [0.1, 0.15) is 6.42 Å². The van der Waals surface area contributed by atoms with E-state index in [-0.39, 0.29) is 6.42 Å². The molecule has 104 valence electrons. The van der Waals surface area contributed by atoms with Gasteiger partial charge < -0.3 is 9.47 Å². The molecular weight excluding hydrogens is 232 g/mol. The van der Waals surface area contributed by atoms with Gasteiger partial charge in [0.2, 0.25) is 0 Å². The van der Waals surface area contributed by atoms with Crippen LogP contribution in [0.2, 0.25) is 0 Å². The molecule has 1 rings (SSSR count). The Bertz CT molecular complexity index is 258. The lowest BCUT2D eigenvalue weighted by Gasteiger charge is -2.36. The van der Waals surface area contributed by atoms with Crippen LogP contribution in [-0.4, -0.2) is 17.7 Å². The smallest absolute Gasteiger partial charge is 0.320 e. The number of carbonyl (C=O) groups is 2. The van der Waals surface area contributed by atoms with Gasteiger partial charge in [-0.3, -0.25) is 9.59 Å². The molecule has 0 bridgehead atoms. The molecule has 4 heteroatoms. The number of hydrogen-bond donors (Lipinski definition) is 0. The molecule has 0 spiro atoms. The van der Waals surface area contributed by atoms with E-state index >= 15 is 0 Å². The Morgan fingerprint density at radius 2 is 1.33 bits per heavy atom. The third-order valence-electron chi connectivity index (χ3n) is 3.21. The van der Waals surface area contributed by atoms with Crippen LogP contribution < -0.4 is 0 Å². The van der Waals surface area contributed by atoms with Crippen molar-refractivity contribution in [3.63, 3.8) is 0 Å². The summed E-state index contributed by atoms with van der Waals surface area (Å²) in [6, 6.07) is 0. The molecule has 18 heavy (non-hydrogen) atoms. The predicted molar refractivity (Wildman–Crippen MR) is 67.8 cm³/mol. The van der Waals surface area contributed by atoms with E-state index in [9.17, 15) is 9.59 Å². The summed E-state index contributed by atoms with van der Waals surface area (Å²) in [5.41, 5.74) is 0. The lowest BCUT2D eigenvalue weighted by molar-refractivity contribution is -0.249. The van der Waals surface area contributed by atoms with Gasteiger partial charge in [-0.1, -0.05) is 39.5 Å². The zero-order chi connectivity index (χ0) is 13.4. The maximum absolute atomic E-state index is 11.4. The third-order valence-corrected chi connectivity index (χ3v) is 3.21. The van der Waals surface area contributed by atoms with Gasteiger partial charge in [0.15, 0.2) is 0 Å². The topological polar surface area (TPSA) is 52.6 Å². The number of rotatable bonds is 8. The van der Waals surface area contributed by atoms with Crippen LogP contribution >= 0.6 is 0 Å². The fourth-order valence-corrected chi connectivity index (χ4v) is 2.24. The van der Waals surface area contributed by atoms with Crippen LogP contribution in [0.25, 0.3) is 0 Å². The van der Waals surface area contributed by atoms with Crippen molar-refractivity contribution in [3.8, 4) is 0 Å². The number of esters is 2. The van der Waals surface area contributed by atoms with Crippen LogP contribution in [0.4, 0.5) is 0 Å². The molecule has 0 radical (unpaired) electrons. The highest BCUT2D eigenvalue weighted by Gasteiger charge is 2.42. The quantitative estimate of drug-likeness (QED) is 0.380. The van der Waals surface area contributed by atoms with Crippen molar-refractivity contribution in [2.75, 3.05) is 0 Å². The molecule has 1 aliphatic rings. The fourth-order valence-electron chi connectivity index (χ4n) is 2.24. The van der Waals surface area contributed by atoms with E-state index in [1.165, 1.54) is 0 Å². The average molecular weight is 256 g/mol. The number of ether oxygens (including phenoxy) is 2. The predicted octanol–water partition coefficient (Wildman–Crippen LogP) is 3.33. The van der Waals surface area contributed by atoms with Gasteiger partial charge >= 0.3 is 11.9 Å². The summed E-state index contributed by atoms with van der Waals surface area (Å²) in [6.07, 6.45) is 7.15. The average Bonchev–Trinajstić information content (AvgIpc) is 2.28. The molecule has 0 unspecified atom stereocenters. The first-order chi connectivity index (χ1) is 8.62. The van der Waals surface area contributed by atoms with Crippen LogP contribution in [0.1, 0.15) is 71.6 Å². The first kappa shape index (κ1) is 15.0. The summed E-state index contributed by atoms with van der Waals surface area (Å²) < 4.78 is 10.7. The van der Waals surface area contributed by atoms with Crippen molar-refractivity contribution in [2.45, 2.75) is 77.4 Å². The Morgan fingerprint density at radius 3 is 1.72 bits per heavy atom. The lowest BCUT2D eigenvalue weighted by atomic mass is 9.99. The molecule has 0 saturated carbocycles. The summed E-state index contributed by atoms with van der Waals surface area (Å²) >= 11 is 0. The molecule has 4 nitrogen and oxygen atoms in total. The van der Waals surface area contributed by atoms with Crippen LogP contribution in [0.5, 0.6) is 0 Å². The summed E-state index contributed by atoms with van der Waals surface area (Å²) in [6.45, 7) is 4.23. The molecule has 1 saturated heterocycles. The summed E-state index contributed by atoms with van der Waals surface area (Å²) in [7, 11) is 0. The van der Waals surface area contributed by atoms with Gasteiger partial charge in [-0.2, -0.15) is 0 Å². The first-order valence-corrected chi connectivity index (χ1v) is 7.05. The fraction of sp³-hybridized carbons (Fsp3) is 0.857. The molecule has 0 N–H and O–H groups in total. The summed E-state index contributed by atoms with van der Waals surface area (Å²) in [4.78, 5) is 22.9. The highest BCUT2D eigenvalue weighted by molar-refractivity contribution is 5.93. The van der Waals surface area contributed by atoms with E-state index in [4.69, 9.17) is 9.47 Å². The van der Waals surface area contributed by atoms with Crippen LogP contribution in [-0.2, 0) is 19.1 Å². The van der Waals surface area contributed by atoms with Gasteiger partial charge in [-0.05, 0) is 12.8 Å². The Kier molecular flexibility index (Phi) is 6.16. The zero-order valence-corrected chi connectivity index (χ0v) is 11.5. The van der Waals surface area contributed by atoms with Crippen molar-refractivity contribution in [2.24, 2.45) is 0 Å². The SMILES string of the molecule is CCCCCC1(CCCCC)OC(=O)CC(=O)O1. The second kappa shape index (κ2) is 7.39. The highest BCUT2D eigenvalue weighted by atomic mass is 16.7. The van der Waals surface area contributed by atoms with Crippen molar-refractivity contribution in [1.82, 2.24) is 0 Å². The molecule has 1 fully saturated rings. The molecule has 0 amide bonds. The zero-order valence-electron chi connectivity index (χ0n) is 11.5. The van der Waals surface area contributed by atoms with E-state index < -0.39 is 17.7 Å². The number of hydrogen-bond acceptors (Lipinski definition) is 4. The van der Waals surface area contributed by atoms with Crippen molar-refractivity contribution in [1.29, 1.82) is 0 Å². The van der Waals surface area contributed by atoms with Crippen LogP contribution in [0.3, 0.4) is 0 Å². The highest BCUT2D eigenvalue weighted by Crippen LogP contribution is 2.32. The van der Waals surface area contributed by atoms with E-state index in [2.05, 4.69) is 13.8 Å². The maximum Gasteiger partial charge on any atom is 0.320 e. The molecule has 1 heterocycles. The van der Waals surface area contributed by atoms with E-state index in [1.54, 1.807) is 0 Å². The van der Waals surface area contributed by atoms with E-state index in [0.29, 0.717) is 12.8 Å². The Morgan fingerprint density at radius 1 is 0.889 bits per heavy atom. The van der Waals surface area contributed by atoms with Crippen molar-refractivity contribution < 1.29 is 19.1 Å². The van der Waals surface area contributed by atoms with Crippen LogP contribution in [0, 0.1) is 0 Å². The Balaban J connectivity index is 2.59. The van der Waals surface area contributed by atoms with Gasteiger partial charge in [0.05, 0.1) is 0 Å². The molecule has 0 atom stereocenters. The normalized spacial score (nSPS) is 18.3. The second-order valence-electron chi connectivity index (χ2n) is 4.95. The monoisotopic (exact) mass is 256 g/mol. The third kappa shape index (κ3) is 4.67. The second-order valence-corrected chi connectivity index (χ2v) is 4.95. The van der Waals surface area contributed by atoms with Gasteiger partial charge in [0, 0.05) is 12.8 Å². The van der Waals surface area contributed by atoms with Crippen LogP contribution in [0.15, 0.2) is 0 Å². The van der Waals surface area contributed by atoms with E-state index in [1.807, 2.05) is 0 Å². The summed E-state index contributed by atoms with van der Waals surface area (Å²) in [5, 5.41) is 0. The number of carbonyl (C=O) groups excluding carboxylic acids is 2. The van der Waals surface area contributed by atoms with Crippen molar-refractivity contribution >= 4 is 11.9 Å². The van der Waals surface area contributed by atoms with Gasteiger partial charge in [-0.25, -0.2) is 0 Å². The molecule has 0 aromatic carbocycles. The molecule has 0 aromatic heterocycles. The maximum atomic E-state index is 11.4. The molecule has 0 aliphatic carbocycles. The number of cyclic esters (lactones) is 2. The van der Waals surface area contributed by atoms with Crippen molar-refractivity contribution in [3.05, 3.63) is 0 Å². The molecule has 0 aromatic rings. The van der Waals surface area contributed by atoms with E-state index in [0.717, 1.165) is 38.5 Å². The molecular formula is C14H24O4. The largest absolute Gasteiger partial charge is 0.422 e. The minimum absolute atomic E-state index is 0.247. The summed E-state index contributed by atoms with van der Waals surface area (Å²) in [5.74, 6) is -1.87. The Labute approximate surface area is 109 Å². The lowest BCUT2D eigenvalue weighted by Crippen LogP contribution is -2.45. The first-order valence-electron chi connectivity index (χ1n) is 7.05. The van der Waals surface area contributed by atoms with Gasteiger partial charge in [-0.15, -0.1) is 0 Å². The number of unbranched alkanes of at least 4 members (excludes halogenated alkanes) is 4. The molecule has 1 aliphatic heterocycles. The van der Waals surface area contributed by atoms with Gasteiger partial charge in [0.25, 0.3) is 5.79 Å². The Hall–Kier alpha value is -1.06.